The Bertz CT molecular complexity index is 470. The molecule has 6 heteroatoms. The molecule has 2 N–H and O–H groups in total. The lowest BCUT2D eigenvalue weighted by Gasteiger charge is -2.34. The first kappa shape index (κ1) is 10.8. The SMILES string of the molecule is OC1(C2(C(F)(F)F)CC2)CNc2ncccc21. The van der Waals surface area contributed by atoms with Crippen molar-refractivity contribution in [3.8, 4) is 0 Å². The van der Waals surface area contributed by atoms with Crippen LogP contribution in [0.3, 0.4) is 0 Å². The van der Waals surface area contributed by atoms with Crippen molar-refractivity contribution in [2.24, 2.45) is 5.41 Å². The van der Waals surface area contributed by atoms with Gasteiger partial charge in [-0.3, -0.25) is 0 Å². The number of nitrogens with zero attached hydrogens (tertiary/aromatic N) is 1. The van der Waals surface area contributed by atoms with Gasteiger partial charge in [0, 0.05) is 11.8 Å². The van der Waals surface area contributed by atoms with Gasteiger partial charge in [-0.2, -0.15) is 13.2 Å². The van der Waals surface area contributed by atoms with Gasteiger partial charge in [-0.25, -0.2) is 4.98 Å². The molecular weight excluding hydrogens is 233 g/mol. The van der Waals surface area contributed by atoms with Crippen molar-refractivity contribution < 1.29 is 18.3 Å². The van der Waals surface area contributed by atoms with Gasteiger partial charge in [0.25, 0.3) is 0 Å². The molecule has 1 fully saturated rings. The second-order valence-electron chi connectivity index (χ2n) is 4.69. The second-order valence-corrected chi connectivity index (χ2v) is 4.69. The van der Waals surface area contributed by atoms with Crippen molar-refractivity contribution in [3.05, 3.63) is 23.9 Å². The first-order chi connectivity index (χ1) is 7.91. The summed E-state index contributed by atoms with van der Waals surface area (Å²) in [7, 11) is 0. The predicted molar refractivity (Wildman–Crippen MR) is 54.3 cm³/mol. The fraction of sp³-hybridized carbons (Fsp3) is 0.545. The van der Waals surface area contributed by atoms with E-state index in [2.05, 4.69) is 10.3 Å². The normalized spacial score (nSPS) is 29.6. The number of halogens is 3. The molecule has 2 aliphatic rings. The van der Waals surface area contributed by atoms with Crippen LogP contribution >= 0.6 is 0 Å². The van der Waals surface area contributed by atoms with Crippen LogP contribution in [-0.4, -0.2) is 22.8 Å². The Morgan fingerprint density at radius 3 is 2.65 bits per heavy atom. The van der Waals surface area contributed by atoms with Gasteiger partial charge in [0.1, 0.15) is 16.8 Å². The second kappa shape index (κ2) is 2.93. The number of rotatable bonds is 1. The van der Waals surface area contributed by atoms with Crippen LogP contribution in [-0.2, 0) is 5.60 Å². The fourth-order valence-corrected chi connectivity index (χ4v) is 2.67. The quantitative estimate of drug-likeness (QED) is 0.794. The number of aromatic nitrogens is 1. The van der Waals surface area contributed by atoms with Gasteiger partial charge in [-0.1, -0.05) is 6.07 Å². The fourth-order valence-electron chi connectivity index (χ4n) is 2.67. The topological polar surface area (TPSA) is 45.1 Å². The molecule has 1 aromatic heterocycles. The Hall–Kier alpha value is -1.30. The molecule has 1 aliphatic carbocycles. The smallest absolute Gasteiger partial charge is 0.382 e. The van der Waals surface area contributed by atoms with Crippen LogP contribution in [0.5, 0.6) is 0 Å². The largest absolute Gasteiger partial charge is 0.397 e. The van der Waals surface area contributed by atoms with Gasteiger partial charge in [0.15, 0.2) is 0 Å². The van der Waals surface area contributed by atoms with Crippen LogP contribution < -0.4 is 5.32 Å². The van der Waals surface area contributed by atoms with E-state index in [9.17, 15) is 18.3 Å². The maximum Gasteiger partial charge on any atom is 0.397 e. The highest BCUT2D eigenvalue weighted by molar-refractivity contribution is 5.55. The third-order valence-electron chi connectivity index (χ3n) is 3.85. The van der Waals surface area contributed by atoms with Gasteiger partial charge in [-0.15, -0.1) is 0 Å². The van der Waals surface area contributed by atoms with E-state index < -0.39 is 17.2 Å². The average molecular weight is 244 g/mol. The van der Waals surface area contributed by atoms with E-state index in [4.69, 9.17) is 0 Å². The number of fused-ring (bicyclic) bond motifs is 1. The monoisotopic (exact) mass is 244 g/mol. The molecule has 3 rings (SSSR count). The minimum Gasteiger partial charge on any atom is -0.382 e. The number of anilines is 1. The lowest BCUT2D eigenvalue weighted by atomic mass is 9.80. The Balaban J connectivity index is 2.11. The molecule has 1 unspecified atom stereocenters. The lowest BCUT2D eigenvalue weighted by molar-refractivity contribution is -0.241. The molecule has 1 aromatic rings. The molecule has 0 radical (unpaired) electrons. The molecule has 0 bridgehead atoms. The predicted octanol–water partition coefficient (Wildman–Crippen LogP) is 2.04. The number of nitrogens with one attached hydrogen (secondary N) is 1. The Kier molecular flexibility index (Phi) is 1.86. The van der Waals surface area contributed by atoms with E-state index in [-0.39, 0.29) is 24.9 Å². The molecule has 1 atom stereocenters. The zero-order valence-electron chi connectivity index (χ0n) is 8.88. The number of hydrogen-bond acceptors (Lipinski definition) is 3. The average Bonchev–Trinajstić information content (AvgIpc) is 3.02. The summed E-state index contributed by atoms with van der Waals surface area (Å²) in [6.45, 7) is -0.126. The van der Waals surface area contributed by atoms with Crippen molar-refractivity contribution >= 4 is 5.82 Å². The number of pyridine rings is 1. The zero-order valence-corrected chi connectivity index (χ0v) is 8.88. The maximum absolute atomic E-state index is 13.1. The minimum atomic E-state index is -4.39. The van der Waals surface area contributed by atoms with Crippen molar-refractivity contribution in [1.82, 2.24) is 4.98 Å². The first-order valence-electron chi connectivity index (χ1n) is 5.39. The van der Waals surface area contributed by atoms with Crippen LogP contribution in [0.1, 0.15) is 18.4 Å². The van der Waals surface area contributed by atoms with Crippen molar-refractivity contribution in [2.75, 3.05) is 11.9 Å². The highest BCUT2D eigenvalue weighted by atomic mass is 19.4. The highest BCUT2D eigenvalue weighted by Gasteiger charge is 2.75. The molecule has 0 spiro atoms. The van der Waals surface area contributed by atoms with E-state index in [0.29, 0.717) is 5.82 Å². The number of alkyl halides is 3. The summed E-state index contributed by atoms with van der Waals surface area (Å²) in [5.74, 6) is 0.352. The van der Waals surface area contributed by atoms with Gasteiger partial charge >= 0.3 is 6.18 Å². The van der Waals surface area contributed by atoms with Crippen LogP contribution in [0, 0.1) is 5.41 Å². The number of hydrogen-bond donors (Lipinski definition) is 2. The molecule has 2 heterocycles. The molecular formula is C11H11F3N2O. The van der Waals surface area contributed by atoms with Crippen LogP contribution in [0.2, 0.25) is 0 Å². The summed E-state index contributed by atoms with van der Waals surface area (Å²) in [6, 6.07) is 3.05. The number of β-amino-alcohol motifs (C(OH)–C–C–N with tert-alkyl or cyclic N) is 1. The molecule has 92 valence electrons. The van der Waals surface area contributed by atoms with E-state index in [1.54, 1.807) is 6.07 Å². The molecule has 1 saturated carbocycles. The van der Waals surface area contributed by atoms with Gasteiger partial charge in [-0.05, 0) is 18.9 Å². The van der Waals surface area contributed by atoms with E-state index in [1.165, 1.54) is 12.3 Å². The summed E-state index contributed by atoms with van der Waals surface area (Å²) >= 11 is 0. The van der Waals surface area contributed by atoms with Crippen molar-refractivity contribution in [2.45, 2.75) is 24.6 Å². The van der Waals surface area contributed by atoms with Gasteiger partial charge in [0.2, 0.25) is 0 Å². The van der Waals surface area contributed by atoms with Crippen LogP contribution in [0.4, 0.5) is 19.0 Å². The molecule has 1 aliphatic heterocycles. The van der Waals surface area contributed by atoms with Crippen LogP contribution in [0.15, 0.2) is 18.3 Å². The summed E-state index contributed by atoms with van der Waals surface area (Å²) in [4.78, 5) is 3.94. The molecule has 3 nitrogen and oxygen atoms in total. The minimum absolute atomic E-state index is 0.0248. The molecule has 0 saturated heterocycles. The molecule has 0 amide bonds. The summed E-state index contributed by atoms with van der Waals surface area (Å²) < 4.78 is 39.2. The van der Waals surface area contributed by atoms with Gasteiger partial charge < -0.3 is 10.4 Å². The van der Waals surface area contributed by atoms with Crippen LogP contribution in [0.25, 0.3) is 0 Å². The molecule has 17 heavy (non-hydrogen) atoms. The first-order valence-corrected chi connectivity index (χ1v) is 5.39. The van der Waals surface area contributed by atoms with Crippen molar-refractivity contribution in [1.29, 1.82) is 0 Å². The Morgan fingerprint density at radius 2 is 2.06 bits per heavy atom. The zero-order chi connectivity index (χ0) is 12.3. The van der Waals surface area contributed by atoms with Crippen molar-refractivity contribution in [3.63, 3.8) is 0 Å². The molecule has 0 aromatic carbocycles. The summed E-state index contributed by atoms with van der Waals surface area (Å²) in [5, 5.41) is 13.2. The summed E-state index contributed by atoms with van der Waals surface area (Å²) in [6.07, 6.45) is -2.95. The third-order valence-corrected chi connectivity index (χ3v) is 3.85. The standard InChI is InChI=1S/C11H11F3N2O/c12-11(13,14)9(3-4-9)10(17)6-16-8-7(10)2-1-5-15-8/h1-2,5,17H,3-4,6H2,(H,15,16). The third kappa shape index (κ3) is 1.19. The lowest BCUT2D eigenvalue weighted by Crippen LogP contribution is -2.47. The Morgan fingerprint density at radius 1 is 1.35 bits per heavy atom. The highest BCUT2D eigenvalue weighted by Crippen LogP contribution is 2.68. The van der Waals surface area contributed by atoms with Gasteiger partial charge in [0.05, 0.1) is 6.54 Å². The summed E-state index contributed by atoms with van der Waals surface area (Å²) in [5.41, 5.74) is -3.62. The van der Waals surface area contributed by atoms with E-state index >= 15 is 0 Å². The van der Waals surface area contributed by atoms with E-state index in [1.807, 2.05) is 0 Å². The Labute approximate surface area is 95.7 Å². The maximum atomic E-state index is 13.1. The van der Waals surface area contributed by atoms with E-state index in [0.717, 1.165) is 0 Å². The number of aliphatic hydroxyl groups is 1.